The molecule has 0 N–H and O–H groups in total. The Morgan fingerprint density at radius 1 is 1.00 bits per heavy atom. The van der Waals surface area contributed by atoms with Gasteiger partial charge in [-0.25, -0.2) is 0 Å². The predicted molar refractivity (Wildman–Crippen MR) is 56.5 cm³/mol. The van der Waals surface area contributed by atoms with Crippen LogP contribution in [0.2, 0.25) is 0 Å². The summed E-state index contributed by atoms with van der Waals surface area (Å²) in [5, 5.41) is 0. The normalized spacial score (nSPS) is 9.00. The molecule has 0 aromatic heterocycles. The fourth-order valence-corrected chi connectivity index (χ4v) is 0.951. The predicted octanol–water partition coefficient (Wildman–Crippen LogP) is 3.92. The Hall–Kier alpha value is -1.04. The molecule has 0 radical (unpaired) electrons. The SMILES string of the molecule is C=C.Cc1ccc(C(C)C)cc1. The standard InChI is InChI=1S/C10H14.C2H4/c1-8(2)10-6-4-9(3)5-7-10;1-2/h4-8H,1-3H3;1-2H2. The molecule has 0 fully saturated rings. The highest BCUT2D eigenvalue weighted by Crippen LogP contribution is 2.13. The van der Waals surface area contributed by atoms with Gasteiger partial charge in [0.05, 0.1) is 0 Å². The van der Waals surface area contributed by atoms with Crippen molar-refractivity contribution in [3.8, 4) is 0 Å². The van der Waals surface area contributed by atoms with Gasteiger partial charge in [-0.15, -0.1) is 13.2 Å². The number of aryl methyl sites for hydroxylation is 1. The van der Waals surface area contributed by atoms with Gasteiger partial charge in [-0.05, 0) is 18.4 Å². The van der Waals surface area contributed by atoms with E-state index >= 15 is 0 Å². The highest BCUT2D eigenvalue weighted by atomic mass is 14.0. The van der Waals surface area contributed by atoms with E-state index in [0.29, 0.717) is 5.92 Å². The van der Waals surface area contributed by atoms with Crippen molar-refractivity contribution in [3.63, 3.8) is 0 Å². The lowest BCUT2D eigenvalue weighted by molar-refractivity contribution is 0.866. The van der Waals surface area contributed by atoms with Crippen LogP contribution in [-0.4, -0.2) is 0 Å². The quantitative estimate of drug-likeness (QED) is 0.549. The van der Waals surface area contributed by atoms with Crippen molar-refractivity contribution in [1.82, 2.24) is 0 Å². The average molecular weight is 162 g/mol. The van der Waals surface area contributed by atoms with Gasteiger partial charge in [0.15, 0.2) is 0 Å². The summed E-state index contributed by atoms with van der Waals surface area (Å²) in [5.41, 5.74) is 2.76. The summed E-state index contributed by atoms with van der Waals surface area (Å²) < 4.78 is 0. The van der Waals surface area contributed by atoms with Crippen molar-refractivity contribution in [2.24, 2.45) is 0 Å². The Balaban J connectivity index is 0.000000561. The molecule has 0 amide bonds. The Bertz CT molecular complexity index is 206. The number of rotatable bonds is 1. The second-order valence-electron chi connectivity index (χ2n) is 3.07. The molecule has 12 heavy (non-hydrogen) atoms. The van der Waals surface area contributed by atoms with E-state index in [4.69, 9.17) is 0 Å². The highest BCUT2D eigenvalue weighted by molar-refractivity contribution is 5.23. The Kier molecular flexibility index (Phi) is 5.11. The lowest BCUT2D eigenvalue weighted by Gasteiger charge is -2.03. The van der Waals surface area contributed by atoms with E-state index in [0.717, 1.165) is 0 Å². The zero-order valence-corrected chi connectivity index (χ0v) is 8.30. The number of hydrogen-bond donors (Lipinski definition) is 0. The first-order valence-electron chi connectivity index (χ1n) is 4.26. The van der Waals surface area contributed by atoms with E-state index < -0.39 is 0 Å². The van der Waals surface area contributed by atoms with Gasteiger partial charge >= 0.3 is 0 Å². The zero-order valence-electron chi connectivity index (χ0n) is 8.30. The molecule has 0 unspecified atom stereocenters. The molecule has 0 aliphatic rings. The van der Waals surface area contributed by atoms with E-state index in [1.807, 2.05) is 0 Å². The zero-order chi connectivity index (χ0) is 9.56. The average Bonchev–Trinajstić information content (AvgIpc) is 2.09. The molecule has 0 heterocycles. The summed E-state index contributed by atoms with van der Waals surface area (Å²) in [6, 6.07) is 8.71. The summed E-state index contributed by atoms with van der Waals surface area (Å²) in [7, 11) is 0. The minimum Gasteiger partial charge on any atom is -0.106 e. The van der Waals surface area contributed by atoms with Gasteiger partial charge in [0.2, 0.25) is 0 Å². The third kappa shape index (κ3) is 3.38. The Morgan fingerprint density at radius 2 is 1.42 bits per heavy atom. The van der Waals surface area contributed by atoms with Crippen LogP contribution < -0.4 is 0 Å². The lowest BCUT2D eigenvalue weighted by Crippen LogP contribution is -1.85. The van der Waals surface area contributed by atoms with Crippen molar-refractivity contribution < 1.29 is 0 Å². The first-order valence-corrected chi connectivity index (χ1v) is 4.26. The van der Waals surface area contributed by atoms with E-state index in [9.17, 15) is 0 Å². The van der Waals surface area contributed by atoms with E-state index in [1.165, 1.54) is 11.1 Å². The van der Waals surface area contributed by atoms with Crippen LogP contribution in [0.4, 0.5) is 0 Å². The van der Waals surface area contributed by atoms with E-state index in [2.05, 4.69) is 58.2 Å². The fraction of sp³-hybridized carbons (Fsp3) is 0.333. The molecule has 0 spiro atoms. The van der Waals surface area contributed by atoms with Gasteiger partial charge in [0.1, 0.15) is 0 Å². The summed E-state index contributed by atoms with van der Waals surface area (Å²) >= 11 is 0. The molecule has 0 bridgehead atoms. The number of benzene rings is 1. The maximum Gasteiger partial charge on any atom is -0.0219 e. The summed E-state index contributed by atoms with van der Waals surface area (Å²) in [6.07, 6.45) is 0. The molecule has 0 nitrogen and oxygen atoms in total. The first kappa shape index (κ1) is 11.0. The molecule has 1 rings (SSSR count). The van der Waals surface area contributed by atoms with Crippen LogP contribution >= 0.6 is 0 Å². The third-order valence-electron chi connectivity index (χ3n) is 1.74. The van der Waals surface area contributed by atoms with Crippen LogP contribution in [0.15, 0.2) is 37.4 Å². The van der Waals surface area contributed by atoms with Gasteiger partial charge in [-0.3, -0.25) is 0 Å². The molecule has 0 saturated carbocycles. The smallest absolute Gasteiger partial charge is 0.0219 e. The van der Waals surface area contributed by atoms with Crippen LogP contribution in [0.1, 0.15) is 30.9 Å². The second-order valence-corrected chi connectivity index (χ2v) is 3.07. The van der Waals surface area contributed by atoms with Crippen molar-refractivity contribution in [1.29, 1.82) is 0 Å². The minimum atomic E-state index is 0.653. The van der Waals surface area contributed by atoms with Crippen LogP contribution in [0.5, 0.6) is 0 Å². The van der Waals surface area contributed by atoms with Gasteiger partial charge in [0, 0.05) is 0 Å². The Labute approximate surface area is 75.9 Å². The topological polar surface area (TPSA) is 0 Å². The van der Waals surface area contributed by atoms with Crippen molar-refractivity contribution in [3.05, 3.63) is 48.6 Å². The molecule has 0 aliphatic carbocycles. The van der Waals surface area contributed by atoms with Crippen molar-refractivity contribution in [2.45, 2.75) is 26.7 Å². The maximum atomic E-state index is 3.00. The minimum absolute atomic E-state index is 0.653. The molecule has 0 atom stereocenters. The van der Waals surface area contributed by atoms with Crippen LogP contribution in [0, 0.1) is 6.92 Å². The molecular weight excluding hydrogens is 144 g/mol. The second kappa shape index (κ2) is 5.59. The van der Waals surface area contributed by atoms with Crippen LogP contribution in [-0.2, 0) is 0 Å². The van der Waals surface area contributed by atoms with E-state index in [1.54, 1.807) is 0 Å². The lowest BCUT2D eigenvalue weighted by atomic mass is 10.0. The molecular formula is C12H18. The Morgan fingerprint density at radius 3 is 1.75 bits per heavy atom. The maximum absolute atomic E-state index is 3.00. The molecule has 0 aliphatic heterocycles. The summed E-state index contributed by atoms with van der Waals surface area (Å²) in [6.45, 7) is 12.5. The molecule has 66 valence electrons. The molecule has 0 heteroatoms. The van der Waals surface area contributed by atoms with Gasteiger partial charge < -0.3 is 0 Å². The fourth-order valence-electron chi connectivity index (χ4n) is 0.951. The monoisotopic (exact) mass is 162 g/mol. The van der Waals surface area contributed by atoms with E-state index in [-0.39, 0.29) is 0 Å². The molecule has 1 aromatic carbocycles. The van der Waals surface area contributed by atoms with Gasteiger partial charge in [0.25, 0.3) is 0 Å². The van der Waals surface area contributed by atoms with Crippen LogP contribution in [0.25, 0.3) is 0 Å². The molecule has 1 aromatic rings. The van der Waals surface area contributed by atoms with Gasteiger partial charge in [-0.1, -0.05) is 43.7 Å². The largest absolute Gasteiger partial charge is 0.106 e. The third-order valence-corrected chi connectivity index (χ3v) is 1.74. The summed E-state index contributed by atoms with van der Waals surface area (Å²) in [5.74, 6) is 0.653. The van der Waals surface area contributed by atoms with Gasteiger partial charge in [-0.2, -0.15) is 0 Å². The first-order chi connectivity index (χ1) is 5.70. The number of hydrogen-bond acceptors (Lipinski definition) is 0. The van der Waals surface area contributed by atoms with Crippen LogP contribution in [0.3, 0.4) is 0 Å². The summed E-state index contributed by atoms with van der Waals surface area (Å²) in [4.78, 5) is 0. The molecule has 0 saturated heterocycles. The van der Waals surface area contributed by atoms with Crippen molar-refractivity contribution >= 4 is 0 Å². The highest BCUT2D eigenvalue weighted by Gasteiger charge is 1.95. The van der Waals surface area contributed by atoms with Crippen molar-refractivity contribution in [2.75, 3.05) is 0 Å².